The van der Waals surface area contributed by atoms with Gasteiger partial charge in [-0.15, -0.1) is 0 Å². The molecule has 0 bridgehead atoms. The van der Waals surface area contributed by atoms with Gasteiger partial charge in [-0.25, -0.2) is 29.3 Å². The van der Waals surface area contributed by atoms with E-state index in [1.54, 1.807) is 102 Å². The standard InChI is InChI=1S/C32H27N5O7S/c1-45-32-35-26(33)23-27(36-32)37(18-34-23)28-25(44-31(40)21-15-9-4-10-16-21)24(43-30(39)20-13-7-3-8-14-20)22(42-28)17-41-29(38)19-11-5-2-6-12-19/h2-16,18,22,24-25,28H,17H2,1H3,(H2,33,35,36)/t22-,24-,25-,28-/m1/s1. The van der Waals surface area contributed by atoms with E-state index in [0.29, 0.717) is 21.9 Å². The molecule has 0 spiro atoms. The van der Waals surface area contributed by atoms with Gasteiger partial charge in [-0.1, -0.05) is 66.4 Å². The minimum atomic E-state index is -1.22. The number of carbonyl (C=O) groups is 3. The summed E-state index contributed by atoms with van der Waals surface area (Å²) in [5, 5.41) is 0.387. The maximum Gasteiger partial charge on any atom is 0.338 e. The minimum Gasteiger partial charge on any atom is -0.459 e. The number of hydrogen-bond donors (Lipinski definition) is 1. The van der Waals surface area contributed by atoms with Gasteiger partial charge in [0.1, 0.15) is 18.2 Å². The minimum absolute atomic E-state index is 0.152. The van der Waals surface area contributed by atoms with Crippen LogP contribution in [0.3, 0.4) is 0 Å². The van der Waals surface area contributed by atoms with Crippen molar-refractivity contribution in [2.75, 3.05) is 18.6 Å². The van der Waals surface area contributed by atoms with Crippen LogP contribution in [-0.4, -0.2) is 68.6 Å². The number of rotatable bonds is 9. The van der Waals surface area contributed by atoms with Crippen molar-refractivity contribution >= 4 is 46.7 Å². The molecule has 6 rings (SSSR count). The molecule has 0 unspecified atom stereocenters. The summed E-state index contributed by atoms with van der Waals surface area (Å²) in [7, 11) is 0. The number of ether oxygens (including phenoxy) is 4. The van der Waals surface area contributed by atoms with Crippen molar-refractivity contribution in [1.29, 1.82) is 0 Å². The fraction of sp³-hybridized carbons (Fsp3) is 0.188. The van der Waals surface area contributed by atoms with Crippen LogP contribution in [-0.2, 0) is 18.9 Å². The van der Waals surface area contributed by atoms with Crippen molar-refractivity contribution < 1.29 is 33.3 Å². The summed E-state index contributed by atoms with van der Waals surface area (Å²) in [6.45, 7) is -0.323. The fourth-order valence-corrected chi connectivity index (χ4v) is 5.24. The predicted octanol–water partition coefficient (Wildman–Crippen LogP) is 4.34. The van der Waals surface area contributed by atoms with E-state index in [1.165, 1.54) is 18.1 Å². The predicted molar refractivity (Wildman–Crippen MR) is 163 cm³/mol. The number of nitrogens with two attached hydrogens (primary N) is 1. The smallest absolute Gasteiger partial charge is 0.338 e. The molecule has 1 fully saturated rings. The zero-order valence-electron chi connectivity index (χ0n) is 23.9. The normalized spacial score (nSPS) is 19.2. The van der Waals surface area contributed by atoms with Crippen molar-refractivity contribution in [3.05, 3.63) is 114 Å². The SMILES string of the molecule is CSc1nc(N)c2ncn([C@@H]3O[C@H](COC(=O)c4ccccc4)[C@@H](OC(=O)c4ccccc4)[C@H]3OC(=O)c3ccccc3)c2n1. The first-order valence-electron chi connectivity index (χ1n) is 13.9. The highest BCUT2D eigenvalue weighted by atomic mass is 32.2. The Balaban J connectivity index is 1.39. The topological polar surface area (TPSA) is 158 Å². The molecule has 2 aromatic heterocycles. The Hall–Kier alpha value is -5.27. The molecule has 0 saturated carbocycles. The van der Waals surface area contributed by atoms with Crippen molar-refractivity contribution in [3.8, 4) is 0 Å². The molecule has 1 saturated heterocycles. The lowest BCUT2D eigenvalue weighted by molar-refractivity contribution is -0.0606. The van der Waals surface area contributed by atoms with Crippen LogP contribution in [0.1, 0.15) is 37.3 Å². The maximum absolute atomic E-state index is 13.4. The van der Waals surface area contributed by atoms with Crippen LogP contribution in [0.5, 0.6) is 0 Å². The first kappa shape index (κ1) is 29.8. The number of imidazole rings is 1. The molecular formula is C32H27N5O7S. The molecular weight excluding hydrogens is 598 g/mol. The lowest BCUT2D eigenvalue weighted by atomic mass is 10.1. The van der Waals surface area contributed by atoms with Gasteiger partial charge in [-0.3, -0.25) is 4.57 Å². The molecule has 12 nitrogen and oxygen atoms in total. The van der Waals surface area contributed by atoms with Gasteiger partial charge in [0, 0.05) is 0 Å². The summed E-state index contributed by atoms with van der Waals surface area (Å²) in [4.78, 5) is 52.8. The van der Waals surface area contributed by atoms with Gasteiger partial charge in [0.25, 0.3) is 0 Å². The van der Waals surface area contributed by atoms with Crippen LogP contribution in [0.4, 0.5) is 5.82 Å². The summed E-state index contributed by atoms with van der Waals surface area (Å²) < 4.78 is 25.6. The number of thioether (sulfide) groups is 1. The number of nitrogen functional groups attached to an aromatic ring is 1. The molecule has 0 radical (unpaired) electrons. The Kier molecular flexibility index (Phi) is 8.71. The van der Waals surface area contributed by atoms with E-state index in [9.17, 15) is 14.4 Å². The van der Waals surface area contributed by atoms with E-state index in [-0.39, 0.29) is 23.6 Å². The molecule has 3 aromatic carbocycles. The van der Waals surface area contributed by atoms with E-state index in [0.717, 1.165) is 0 Å². The van der Waals surface area contributed by atoms with Crippen molar-refractivity contribution in [2.24, 2.45) is 0 Å². The first-order chi connectivity index (χ1) is 21.9. The summed E-state index contributed by atoms with van der Waals surface area (Å²) in [5.74, 6) is -1.82. The van der Waals surface area contributed by atoms with Gasteiger partial charge >= 0.3 is 17.9 Å². The summed E-state index contributed by atoms with van der Waals surface area (Å²) in [6.07, 6.45) is -1.37. The van der Waals surface area contributed by atoms with Crippen LogP contribution in [0.15, 0.2) is 102 Å². The second kappa shape index (κ2) is 13.2. The second-order valence-corrected chi connectivity index (χ2v) is 10.7. The average Bonchev–Trinajstić information content (AvgIpc) is 3.65. The number of anilines is 1. The molecule has 13 heteroatoms. The number of benzene rings is 3. The third-order valence-electron chi connectivity index (χ3n) is 7.06. The highest BCUT2D eigenvalue weighted by Crippen LogP contribution is 2.37. The highest BCUT2D eigenvalue weighted by Gasteiger charge is 2.52. The fourth-order valence-electron chi connectivity index (χ4n) is 4.88. The zero-order chi connectivity index (χ0) is 31.3. The number of fused-ring (bicyclic) bond motifs is 1. The molecule has 3 heterocycles. The largest absolute Gasteiger partial charge is 0.459 e. The summed E-state index contributed by atoms with van der Waals surface area (Å²) >= 11 is 1.28. The van der Waals surface area contributed by atoms with Gasteiger partial charge < -0.3 is 24.7 Å². The monoisotopic (exact) mass is 625 g/mol. The van der Waals surface area contributed by atoms with Gasteiger partial charge in [-0.05, 0) is 42.7 Å². The van der Waals surface area contributed by atoms with E-state index in [1.807, 2.05) is 0 Å². The van der Waals surface area contributed by atoms with E-state index in [4.69, 9.17) is 24.7 Å². The molecule has 228 valence electrons. The second-order valence-electron chi connectivity index (χ2n) is 9.92. The maximum atomic E-state index is 13.4. The third-order valence-corrected chi connectivity index (χ3v) is 7.61. The van der Waals surface area contributed by atoms with Crippen molar-refractivity contribution in [2.45, 2.75) is 29.7 Å². The molecule has 2 N–H and O–H groups in total. The number of esters is 3. The van der Waals surface area contributed by atoms with Gasteiger partial charge in [-0.2, -0.15) is 0 Å². The molecule has 0 amide bonds. The number of nitrogens with zero attached hydrogens (tertiary/aromatic N) is 4. The summed E-state index contributed by atoms with van der Waals surface area (Å²) in [5.41, 5.74) is 7.66. The Bertz CT molecular complexity index is 1820. The van der Waals surface area contributed by atoms with E-state index in [2.05, 4.69) is 15.0 Å². The average molecular weight is 626 g/mol. The van der Waals surface area contributed by atoms with E-state index < -0.39 is 42.4 Å². The van der Waals surface area contributed by atoms with Crippen LogP contribution in [0.2, 0.25) is 0 Å². The first-order valence-corrected chi connectivity index (χ1v) is 15.1. The van der Waals surface area contributed by atoms with Gasteiger partial charge in [0.2, 0.25) is 0 Å². The number of carbonyl (C=O) groups excluding carboxylic acids is 3. The molecule has 1 aliphatic rings. The Morgan fingerprint density at radius 3 is 1.89 bits per heavy atom. The Labute approximate surface area is 261 Å². The Morgan fingerprint density at radius 1 is 0.800 bits per heavy atom. The van der Waals surface area contributed by atoms with Crippen LogP contribution in [0, 0.1) is 0 Å². The zero-order valence-corrected chi connectivity index (χ0v) is 24.7. The number of aromatic nitrogens is 4. The molecule has 4 atom stereocenters. The number of hydrogen-bond acceptors (Lipinski definition) is 12. The third kappa shape index (κ3) is 6.35. The Morgan fingerprint density at radius 2 is 1.33 bits per heavy atom. The quantitative estimate of drug-likeness (QED) is 0.107. The van der Waals surface area contributed by atoms with Crippen LogP contribution >= 0.6 is 11.8 Å². The van der Waals surface area contributed by atoms with Crippen LogP contribution < -0.4 is 5.73 Å². The molecule has 5 aromatic rings. The highest BCUT2D eigenvalue weighted by molar-refractivity contribution is 7.98. The molecule has 0 aliphatic carbocycles. The van der Waals surface area contributed by atoms with Gasteiger partial charge in [0.15, 0.2) is 35.1 Å². The molecule has 45 heavy (non-hydrogen) atoms. The van der Waals surface area contributed by atoms with Crippen LogP contribution in [0.25, 0.3) is 11.2 Å². The van der Waals surface area contributed by atoms with E-state index >= 15 is 0 Å². The van der Waals surface area contributed by atoms with Crippen molar-refractivity contribution in [1.82, 2.24) is 19.5 Å². The lowest BCUT2D eigenvalue weighted by Crippen LogP contribution is -2.41. The lowest BCUT2D eigenvalue weighted by Gasteiger charge is -2.25. The van der Waals surface area contributed by atoms with Gasteiger partial charge in [0.05, 0.1) is 23.0 Å². The van der Waals surface area contributed by atoms with Crippen molar-refractivity contribution in [3.63, 3.8) is 0 Å². The summed E-state index contributed by atoms with van der Waals surface area (Å²) in [6, 6.07) is 25.1. The molecule has 1 aliphatic heterocycles.